The second-order valence-electron chi connectivity index (χ2n) is 8.26. The van der Waals surface area contributed by atoms with Gasteiger partial charge in [-0.05, 0) is 33.8 Å². The SMILES string of the molecule is CC1(C)Cc2cccc(OCC(=O)NCC(C)(C)N3CCOCC3)c2O1. The largest absolute Gasteiger partial charge is 0.483 e. The molecule has 0 aliphatic carbocycles. The third kappa shape index (κ3) is 4.48. The Morgan fingerprint density at radius 1 is 1.31 bits per heavy atom. The Kier molecular flexibility index (Phi) is 5.44. The number of amides is 1. The van der Waals surface area contributed by atoms with Gasteiger partial charge in [0.2, 0.25) is 0 Å². The third-order valence-corrected chi connectivity index (χ3v) is 5.00. The van der Waals surface area contributed by atoms with Crippen LogP contribution in [0.25, 0.3) is 0 Å². The van der Waals surface area contributed by atoms with Crippen molar-refractivity contribution in [1.29, 1.82) is 0 Å². The highest BCUT2D eigenvalue weighted by molar-refractivity contribution is 5.77. The molecule has 2 aliphatic rings. The molecule has 0 unspecified atom stereocenters. The van der Waals surface area contributed by atoms with Crippen LogP contribution in [0.2, 0.25) is 0 Å². The Morgan fingerprint density at radius 2 is 2.04 bits per heavy atom. The summed E-state index contributed by atoms with van der Waals surface area (Å²) in [6.07, 6.45) is 0.847. The molecule has 6 nitrogen and oxygen atoms in total. The van der Waals surface area contributed by atoms with Gasteiger partial charge in [0.25, 0.3) is 5.91 Å². The Labute approximate surface area is 155 Å². The van der Waals surface area contributed by atoms with Crippen LogP contribution in [0, 0.1) is 0 Å². The minimum Gasteiger partial charge on any atom is -0.483 e. The molecule has 1 amide bonds. The number of carbonyl (C=O) groups excluding carboxylic acids is 1. The predicted molar refractivity (Wildman–Crippen MR) is 99.8 cm³/mol. The number of hydrogen-bond acceptors (Lipinski definition) is 5. The van der Waals surface area contributed by atoms with Crippen molar-refractivity contribution in [1.82, 2.24) is 10.2 Å². The standard InChI is InChI=1S/C20H30N2O4/c1-19(2,22-8-10-24-11-9-22)14-21-17(23)13-25-16-7-5-6-15-12-20(3,4)26-18(15)16/h5-7H,8-14H2,1-4H3,(H,21,23). The highest BCUT2D eigenvalue weighted by Crippen LogP contribution is 2.41. The van der Waals surface area contributed by atoms with Gasteiger partial charge in [0, 0.05) is 37.2 Å². The first-order chi connectivity index (χ1) is 12.3. The number of morpholine rings is 1. The Hall–Kier alpha value is -1.79. The van der Waals surface area contributed by atoms with Crippen molar-refractivity contribution in [2.75, 3.05) is 39.5 Å². The van der Waals surface area contributed by atoms with Crippen LogP contribution in [0.15, 0.2) is 18.2 Å². The zero-order chi connectivity index (χ0) is 18.8. The van der Waals surface area contributed by atoms with Gasteiger partial charge in [-0.3, -0.25) is 9.69 Å². The topological polar surface area (TPSA) is 60.0 Å². The third-order valence-electron chi connectivity index (χ3n) is 5.00. The summed E-state index contributed by atoms with van der Waals surface area (Å²) in [6, 6.07) is 5.84. The molecule has 0 saturated carbocycles. The molecule has 26 heavy (non-hydrogen) atoms. The van der Waals surface area contributed by atoms with E-state index < -0.39 is 0 Å². The van der Waals surface area contributed by atoms with E-state index in [-0.39, 0.29) is 23.7 Å². The van der Waals surface area contributed by atoms with Crippen LogP contribution in [0.3, 0.4) is 0 Å². The molecule has 1 N–H and O–H groups in total. The molecule has 0 radical (unpaired) electrons. The summed E-state index contributed by atoms with van der Waals surface area (Å²) in [5.74, 6) is 1.27. The minimum absolute atomic E-state index is 0.0145. The van der Waals surface area contributed by atoms with Gasteiger partial charge in [-0.2, -0.15) is 0 Å². The summed E-state index contributed by atoms with van der Waals surface area (Å²) in [5.41, 5.74) is 0.786. The Balaban J connectivity index is 1.50. The number of fused-ring (bicyclic) bond motifs is 1. The molecule has 144 valence electrons. The maximum Gasteiger partial charge on any atom is 0.258 e. The lowest BCUT2D eigenvalue weighted by atomic mass is 10.0. The second-order valence-corrected chi connectivity index (χ2v) is 8.26. The van der Waals surface area contributed by atoms with Crippen LogP contribution >= 0.6 is 0 Å². The zero-order valence-corrected chi connectivity index (χ0v) is 16.3. The van der Waals surface area contributed by atoms with E-state index in [4.69, 9.17) is 14.2 Å². The molecule has 6 heteroatoms. The van der Waals surface area contributed by atoms with Gasteiger partial charge in [-0.25, -0.2) is 0 Å². The monoisotopic (exact) mass is 362 g/mol. The van der Waals surface area contributed by atoms with Crippen molar-refractivity contribution in [3.05, 3.63) is 23.8 Å². The average Bonchev–Trinajstić information content (AvgIpc) is 2.93. The molecule has 3 rings (SSSR count). The molecule has 1 aromatic carbocycles. The summed E-state index contributed by atoms with van der Waals surface area (Å²) in [4.78, 5) is 14.6. The van der Waals surface area contributed by atoms with Crippen LogP contribution in [0.4, 0.5) is 0 Å². The van der Waals surface area contributed by atoms with Crippen molar-refractivity contribution in [3.8, 4) is 11.5 Å². The molecule has 0 bridgehead atoms. The number of nitrogens with one attached hydrogen (secondary N) is 1. The summed E-state index contributed by atoms with van der Waals surface area (Å²) in [7, 11) is 0. The quantitative estimate of drug-likeness (QED) is 0.839. The van der Waals surface area contributed by atoms with Crippen LogP contribution in [-0.4, -0.2) is 61.4 Å². The number of ether oxygens (including phenoxy) is 3. The molecule has 1 saturated heterocycles. The number of rotatable bonds is 6. The molecule has 1 aromatic rings. The van der Waals surface area contributed by atoms with E-state index in [2.05, 4.69) is 37.9 Å². The van der Waals surface area contributed by atoms with Gasteiger partial charge in [0.15, 0.2) is 18.1 Å². The maximum atomic E-state index is 12.3. The van der Waals surface area contributed by atoms with E-state index in [1.165, 1.54) is 0 Å². The number of nitrogens with zero attached hydrogens (tertiary/aromatic N) is 1. The van der Waals surface area contributed by atoms with Gasteiger partial charge in [0.05, 0.1) is 13.2 Å². The van der Waals surface area contributed by atoms with Gasteiger partial charge < -0.3 is 19.5 Å². The fourth-order valence-corrected chi connectivity index (χ4v) is 3.49. The number of carbonyl (C=O) groups is 1. The minimum atomic E-state index is -0.230. The number of para-hydroxylation sites is 1. The summed E-state index contributed by atoms with van der Waals surface area (Å²) < 4.78 is 17.1. The molecule has 0 atom stereocenters. The van der Waals surface area contributed by atoms with Crippen molar-refractivity contribution in [2.24, 2.45) is 0 Å². The molecule has 2 heterocycles. The first-order valence-corrected chi connectivity index (χ1v) is 9.30. The zero-order valence-electron chi connectivity index (χ0n) is 16.3. The van der Waals surface area contributed by atoms with Crippen LogP contribution in [0.5, 0.6) is 11.5 Å². The van der Waals surface area contributed by atoms with E-state index in [9.17, 15) is 4.79 Å². The molecule has 1 fully saturated rings. The highest BCUT2D eigenvalue weighted by atomic mass is 16.5. The highest BCUT2D eigenvalue weighted by Gasteiger charge is 2.32. The molecule has 2 aliphatic heterocycles. The molecule has 0 spiro atoms. The fraction of sp³-hybridized carbons (Fsp3) is 0.650. The molecular weight excluding hydrogens is 332 g/mol. The van der Waals surface area contributed by atoms with Gasteiger partial charge >= 0.3 is 0 Å². The van der Waals surface area contributed by atoms with Crippen LogP contribution in [0.1, 0.15) is 33.3 Å². The van der Waals surface area contributed by atoms with Crippen molar-refractivity contribution < 1.29 is 19.0 Å². The van der Waals surface area contributed by atoms with Crippen LogP contribution in [-0.2, 0) is 16.0 Å². The summed E-state index contributed by atoms with van der Waals surface area (Å²) in [5, 5.41) is 2.99. The number of benzene rings is 1. The number of hydrogen-bond donors (Lipinski definition) is 1. The van der Waals surface area contributed by atoms with Gasteiger partial charge in [-0.15, -0.1) is 0 Å². The summed E-state index contributed by atoms with van der Waals surface area (Å²) >= 11 is 0. The second kappa shape index (κ2) is 7.45. The normalized spacial score (nSPS) is 19.5. The first-order valence-electron chi connectivity index (χ1n) is 9.30. The fourth-order valence-electron chi connectivity index (χ4n) is 3.49. The lowest BCUT2D eigenvalue weighted by Gasteiger charge is -2.40. The smallest absolute Gasteiger partial charge is 0.258 e. The Morgan fingerprint density at radius 3 is 2.77 bits per heavy atom. The predicted octanol–water partition coefficient (Wildman–Crippen LogP) is 2.01. The van der Waals surface area contributed by atoms with E-state index in [0.717, 1.165) is 44.0 Å². The van der Waals surface area contributed by atoms with Gasteiger partial charge in [0.1, 0.15) is 5.60 Å². The molecular formula is C20H30N2O4. The van der Waals surface area contributed by atoms with Crippen LogP contribution < -0.4 is 14.8 Å². The van der Waals surface area contributed by atoms with E-state index in [0.29, 0.717) is 12.3 Å². The van der Waals surface area contributed by atoms with Crippen molar-refractivity contribution >= 4 is 5.91 Å². The van der Waals surface area contributed by atoms with Crippen molar-refractivity contribution in [2.45, 2.75) is 45.3 Å². The van der Waals surface area contributed by atoms with E-state index >= 15 is 0 Å². The Bertz CT molecular complexity index is 651. The maximum absolute atomic E-state index is 12.3. The first kappa shape index (κ1) is 19.0. The summed E-state index contributed by atoms with van der Waals surface area (Å²) in [6.45, 7) is 12.2. The molecule has 0 aromatic heterocycles. The van der Waals surface area contributed by atoms with E-state index in [1.54, 1.807) is 0 Å². The lowest BCUT2D eigenvalue weighted by molar-refractivity contribution is -0.123. The average molecular weight is 362 g/mol. The van der Waals surface area contributed by atoms with E-state index in [1.807, 2.05) is 18.2 Å². The lowest BCUT2D eigenvalue weighted by Crippen LogP contribution is -2.55. The van der Waals surface area contributed by atoms with Gasteiger partial charge in [-0.1, -0.05) is 12.1 Å². The van der Waals surface area contributed by atoms with Crippen molar-refractivity contribution in [3.63, 3.8) is 0 Å².